The van der Waals surface area contributed by atoms with Crippen molar-refractivity contribution in [1.82, 2.24) is 9.55 Å². The van der Waals surface area contributed by atoms with Crippen molar-refractivity contribution in [3.05, 3.63) is 60.2 Å². The van der Waals surface area contributed by atoms with Crippen LogP contribution in [0.3, 0.4) is 0 Å². The van der Waals surface area contributed by atoms with Crippen molar-refractivity contribution in [2.75, 3.05) is 7.11 Å². The third-order valence-corrected chi connectivity index (χ3v) is 4.43. The Bertz CT molecular complexity index is 886. The minimum absolute atomic E-state index is 0.238. The minimum atomic E-state index is -0.329. The summed E-state index contributed by atoms with van der Waals surface area (Å²) in [4.78, 5) is 16.5. The maximum Gasteiger partial charge on any atom is 0.313 e. The number of aromatic nitrogens is 2. The van der Waals surface area contributed by atoms with E-state index in [0.29, 0.717) is 0 Å². The summed E-state index contributed by atoms with van der Waals surface area (Å²) >= 11 is 0. The third-order valence-electron chi connectivity index (χ3n) is 4.43. The van der Waals surface area contributed by atoms with Gasteiger partial charge in [0.15, 0.2) is 0 Å². The lowest BCUT2D eigenvalue weighted by atomic mass is 9.98. The van der Waals surface area contributed by atoms with Gasteiger partial charge in [0.2, 0.25) is 0 Å². The van der Waals surface area contributed by atoms with Crippen LogP contribution in [0.2, 0.25) is 0 Å². The highest BCUT2D eigenvalue weighted by atomic mass is 16.5. The molecule has 1 aromatic heterocycles. The number of hydrogen-bond donors (Lipinski definition) is 0. The van der Waals surface area contributed by atoms with Gasteiger partial charge < -0.3 is 14.0 Å². The first-order chi connectivity index (χ1) is 12.1. The van der Waals surface area contributed by atoms with E-state index in [-0.39, 0.29) is 18.5 Å². The predicted octanol–water partition coefficient (Wildman–Crippen LogP) is 3.91. The standard InChI is InChI=1S/C20H22N2O3/c1-4-22-13-21-11-18(22)12-25-20(23)14(2)15-5-6-17-10-19(24-3)8-7-16(17)9-15/h5-11,13-14H,4,12H2,1-3H3/t14-/m0/s1. The molecule has 0 amide bonds. The lowest BCUT2D eigenvalue weighted by Gasteiger charge is -2.13. The van der Waals surface area contributed by atoms with Crippen LogP contribution < -0.4 is 4.74 Å². The van der Waals surface area contributed by atoms with Crippen LogP contribution in [0.4, 0.5) is 0 Å². The van der Waals surface area contributed by atoms with Gasteiger partial charge in [-0.1, -0.05) is 24.3 Å². The Balaban J connectivity index is 1.72. The lowest BCUT2D eigenvalue weighted by molar-refractivity contribution is -0.146. The van der Waals surface area contributed by atoms with E-state index >= 15 is 0 Å². The van der Waals surface area contributed by atoms with Gasteiger partial charge >= 0.3 is 5.97 Å². The first kappa shape index (κ1) is 17.0. The predicted molar refractivity (Wildman–Crippen MR) is 96.6 cm³/mol. The maximum atomic E-state index is 12.4. The van der Waals surface area contributed by atoms with Crippen molar-refractivity contribution in [3.63, 3.8) is 0 Å². The summed E-state index contributed by atoms with van der Waals surface area (Å²) in [5.74, 6) is 0.251. The van der Waals surface area contributed by atoms with Crippen LogP contribution in [-0.4, -0.2) is 22.6 Å². The molecule has 1 heterocycles. The summed E-state index contributed by atoms with van der Waals surface area (Å²) < 4.78 is 12.7. The number of benzene rings is 2. The van der Waals surface area contributed by atoms with Gasteiger partial charge in [-0.05, 0) is 42.3 Å². The number of imidazole rings is 1. The number of rotatable bonds is 6. The molecule has 0 N–H and O–H groups in total. The molecule has 0 spiro atoms. The Morgan fingerprint density at radius 3 is 2.72 bits per heavy atom. The van der Waals surface area contributed by atoms with E-state index in [0.717, 1.165) is 34.3 Å². The largest absolute Gasteiger partial charge is 0.497 e. The van der Waals surface area contributed by atoms with Gasteiger partial charge in [-0.3, -0.25) is 4.79 Å². The number of ether oxygens (including phenoxy) is 2. The second-order valence-electron chi connectivity index (χ2n) is 5.97. The molecule has 3 rings (SSSR count). The zero-order valence-corrected chi connectivity index (χ0v) is 14.7. The zero-order chi connectivity index (χ0) is 17.8. The summed E-state index contributed by atoms with van der Waals surface area (Å²) in [5, 5.41) is 2.15. The molecule has 0 aliphatic heterocycles. The number of aryl methyl sites for hydroxylation is 1. The molecular weight excluding hydrogens is 316 g/mol. The van der Waals surface area contributed by atoms with Crippen molar-refractivity contribution in [3.8, 4) is 5.75 Å². The van der Waals surface area contributed by atoms with E-state index in [1.165, 1.54) is 0 Å². The van der Waals surface area contributed by atoms with Crippen LogP contribution in [-0.2, 0) is 22.7 Å². The Morgan fingerprint density at radius 1 is 1.20 bits per heavy atom. The number of hydrogen-bond acceptors (Lipinski definition) is 4. The monoisotopic (exact) mass is 338 g/mol. The average molecular weight is 338 g/mol. The molecule has 25 heavy (non-hydrogen) atoms. The van der Waals surface area contributed by atoms with Gasteiger partial charge in [-0.15, -0.1) is 0 Å². The number of nitrogens with zero attached hydrogens (tertiary/aromatic N) is 2. The van der Waals surface area contributed by atoms with Crippen molar-refractivity contribution in [1.29, 1.82) is 0 Å². The molecule has 0 radical (unpaired) electrons. The Labute approximate surface area is 147 Å². The normalized spacial score (nSPS) is 12.1. The first-order valence-corrected chi connectivity index (χ1v) is 8.35. The molecule has 5 nitrogen and oxygen atoms in total. The zero-order valence-electron chi connectivity index (χ0n) is 14.7. The molecule has 0 unspecified atom stereocenters. The molecular formula is C20H22N2O3. The number of carbonyl (C=O) groups excluding carboxylic acids is 1. The molecule has 0 aliphatic rings. The highest BCUT2D eigenvalue weighted by Crippen LogP contribution is 2.26. The fraction of sp³-hybridized carbons (Fsp3) is 0.300. The number of carbonyl (C=O) groups is 1. The second kappa shape index (κ2) is 7.38. The van der Waals surface area contributed by atoms with Crippen molar-refractivity contribution in [2.24, 2.45) is 0 Å². The Hall–Kier alpha value is -2.82. The van der Waals surface area contributed by atoms with E-state index in [1.807, 2.05) is 54.8 Å². The van der Waals surface area contributed by atoms with Gasteiger partial charge in [0.05, 0.1) is 31.2 Å². The molecule has 2 aromatic carbocycles. The number of methoxy groups -OCH3 is 1. The molecule has 5 heteroatoms. The third kappa shape index (κ3) is 3.65. The van der Waals surface area contributed by atoms with Gasteiger partial charge in [0.1, 0.15) is 12.4 Å². The van der Waals surface area contributed by atoms with E-state index < -0.39 is 0 Å². The highest BCUT2D eigenvalue weighted by molar-refractivity contribution is 5.86. The fourth-order valence-corrected chi connectivity index (χ4v) is 2.80. The van der Waals surface area contributed by atoms with Crippen LogP contribution in [0.25, 0.3) is 10.8 Å². The second-order valence-corrected chi connectivity index (χ2v) is 5.97. The summed E-state index contributed by atoms with van der Waals surface area (Å²) in [6, 6.07) is 11.9. The maximum absolute atomic E-state index is 12.4. The molecule has 130 valence electrons. The first-order valence-electron chi connectivity index (χ1n) is 8.35. The Morgan fingerprint density at radius 2 is 1.96 bits per heavy atom. The van der Waals surface area contributed by atoms with Gasteiger partial charge in [-0.25, -0.2) is 4.98 Å². The number of esters is 1. The molecule has 0 aliphatic carbocycles. The van der Waals surface area contributed by atoms with Crippen molar-refractivity contribution < 1.29 is 14.3 Å². The summed E-state index contributed by atoms with van der Waals surface area (Å²) in [5.41, 5.74) is 1.83. The summed E-state index contributed by atoms with van der Waals surface area (Å²) in [6.45, 7) is 4.93. The molecule has 3 aromatic rings. The minimum Gasteiger partial charge on any atom is -0.497 e. The average Bonchev–Trinajstić information content (AvgIpc) is 3.12. The molecule has 0 bridgehead atoms. The van der Waals surface area contributed by atoms with E-state index in [1.54, 1.807) is 19.6 Å². The molecule has 0 saturated carbocycles. The smallest absolute Gasteiger partial charge is 0.313 e. The molecule has 0 saturated heterocycles. The van der Waals surface area contributed by atoms with Crippen LogP contribution in [0.5, 0.6) is 5.75 Å². The van der Waals surface area contributed by atoms with Gasteiger partial charge in [-0.2, -0.15) is 0 Å². The van der Waals surface area contributed by atoms with E-state index in [2.05, 4.69) is 4.98 Å². The fourth-order valence-electron chi connectivity index (χ4n) is 2.80. The molecule has 0 fully saturated rings. The SMILES string of the molecule is CCn1cncc1COC(=O)[C@@H](C)c1ccc2cc(OC)ccc2c1. The summed E-state index contributed by atoms with van der Waals surface area (Å²) in [6.07, 6.45) is 3.47. The highest BCUT2D eigenvalue weighted by Gasteiger charge is 2.18. The van der Waals surface area contributed by atoms with Gasteiger partial charge in [0.25, 0.3) is 0 Å². The van der Waals surface area contributed by atoms with Crippen LogP contribution in [0, 0.1) is 0 Å². The van der Waals surface area contributed by atoms with Crippen LogP contribution in [0.15, 0.2) is 48.9 Å². The van der Waals surface area contributed by atoms with Crippen molar-refractivity contribution in [2.45, 2.75) is 32.9 Å². The number of fused-ring (bicyclic) bond motifs is 1. The summed E-state index contributed by atoms with van der Waals surface area (Å²) in [7, 11) is 1.65. The van der Waals surface area contributed by atoms with Crippen molar-refractivity contribution >= 4 is 16.7 Å². The quantitative estimate of drug-likeness (QED) is 0.640. The molecule has 1 atom stereocenters. The van der Waals surface area contributed by atoms with E-state index in [4.69, 9.17) is 9.47 Å². The van der Waals surface area contributed by atoms with E-state index in [9.17, 15) is 4.79 Å². The lowest BCUT2D eigenvalue weighted by Crippen LogP contribution is -2.14. The topological polar surface area (TPSA) is 53.4 Å². The van der Waals surface area contributed by atoms with Crippen LogP contribution >= 0.6 is 0 Å². The Kier molecular flexibility index (Phi) is 5.03. The van der Waals surface area contributed by atoms with Crippen LogP contribution in [0.1, 0.15) is 31.0 Å². The van der Waals surface area contributed by atoms with Gasteiger partial charge in [0, 0.05) is 6.54 Å².